The maximum atomic E-state index is 9.70. The summed E-state index contributed by atoms with van der Waals surface area (Å²) < 4.78 is 0. The first-order chi connectivity index (χ1) is 6.15. The number of nitrogens with two attached hydrogens (primary N) is 1. The van der Waals surface area contributed by atoms with Crippen LogP contribution in [0.5, 0.6) is 0 Å². The second kappa shape index (κ2) is 4.56. The molecule has 0 aliphatic heterocycles. The third kappa shape index (κ3) is 2.66. The Morgan fingerprint density at radius 2 is 2.38 bits per heavy atom. The van der Waals surface area contributed by atoms with Gasteiger partial charge in [0, 0.05) is 12.2 Å². The van der Waals surface area contributed by atoms with E-state index in [1.165, 1.54) is 0 Å². The zero-order chi connectivity index (χ0) is 9.84. The fourth-order valence-corrected chi connectivity index (χ4v) is 1.25. The van der Waals surface area contributed by atoms with Gasteiger partial charge in [-0.05, 0) is 24.1 Å². The number of halogens is 1. The van der Waals surface area contributed by atoms with E-state index >= 15 is 0 Å². The Kier molecular flexibility index (Phi) is 3.66. The van der Waals surface area contributed by atoms with Gasteiger partial charge in [0.2, 0.25) is 0 Å². The molecule has 0 saturated heterocycles. The van der Waals surface area contributed by atoms with E-state index in [1.807, 2.05) is 6.92 Å². The molecule has 0 bridgehead atoms. The molecule has 0 aromatic carbocycles. The van der Waals surface area contributed by atoms with Crippen molar-refractivity contribution in [1.82, 2.24) is 4.98 Å². The third-order valence-corrected chi connectivity index (χ3v) is 2.18. The van der Waals surface area contributed by atoms with Crippen molar-refractivity contribution in [3.8, 4) is 0 Å². The molecule has 0 fully saturated rings. The van der Waals surface area contributed by atoms with E-state index in [9.17, 15) is 5.11 Å². The van der Waals surface area contributed by atoms with Gasteiger partial charge < -0.3 is 10.8 Å². The molecule has 0 saturated carbocycles. The fraction of sp³-hybridized carbons (Fsp3) is 0.444. The van der Waals surface area contributed by atoms with Gasteiger partial charge in [-0.25, -0.2) is 4.98 Å². The molecule has 3 N–H and O–H groups in total. The van der Waals surface area contributed by atoms with E-state index in [2.05, 4.69) is 4.98 Å². The normalized spacial score (nSPS) is 15.4. The molecule has 13 heavy (non-hydrogen) atoms. The predicted molar refractivity (Wildman–Crippen MR) is 52.5 cm³/mol. The van der Waals surface area contributed by atoms with Crippen LogP contribution in [0.4, 0.5) is 0 Å². The largest absolute Gasteiger partial charge is 0.387 e. The number of nitrogens with zero attached hydrogens (tertiary/aromatic N) is 1. The Balaban J connectivity index is 2.82. The second-order valence-corrected chi connectivity index (χ2v) is 3.32. The monoisotopic (exact) mass is 200 g/mol. The summed E-state index contributed by atoms with van der Waals surface area (Å²) in [6.07, 6.45) is 1.62. The molecule has 2 atom stereocenters. The predicted octanol–water partition coefficient (Wildman–Crippen LogP) is 1.51. The van der Waals surface area contributed by atoms with Crippen molar-refractivity contribution in [2.24, 2.45) is 5.73 Å². The van der Waals surface area contributed by atoms with Gasteiger partial charge in [0.1, 0.15) is 5.15 Å². The summed E-state index contributed by atoms with van der Waals surface area (Å²) in [4.78, 5) is 3.82. The summed E-state index contributed by atoms with van der Waals surface area (Å²) >= 11 is 5.67. The minimum atomic E-state index is -0.662. The Bertz CT molecular complexity index is 280. The standard InChI is InChI=1S/C9H13ClN2O/c1-2-7(11)9(13)6-3-4-12-8(10)5-6/h3-5,7,9,13H,2,11H2,1H3. The molecule has 1 rings (SSSR count). The van der Waals surface area contributed by atoms with Crippen molar-refractivity contribution >= 4 is 11.6 Å². The van der Waals surface area contributed by atoms with Crippen LogP contribution in [0.3, 0.4) is 0 Å². The lowest BCUT2D eigenvalue weighted by molar-refractivity contribution is 0.144. The van der Waals surface area contributed by atoms with E-state index in [0.29, 0.717) is 10.7 Å². The van der Waals surface area contributed by atoms with E-state index < -0.39 is 6.10 Å². The Hall–Kier alpha value is -0.640. The van der Waals surface area contributed by atoms with E-state index in [-0.39, 0.29) is 6.04 Å². The summed E-state index contributed by atoms with van der Waals surface area (Å²) in [5, 5.41) is 10.1. The fourth-order valence-electron chi connectivity index (χ4n) is 1.07. The van der Waals surface area contributed by atoms with E-state index in [1.54, 1.807) is 18.3 Å². The SMILES string of the molecule is CCC(N)C(O)c1ccnc(Cl)c1. The average molecular weight is 201 g/mol. The lowest BCUT2D eigenvalue weighted by Crippen LogP contribution is -2.27. The Morgan fingerprint density at radius 3 is 2.92 bits per heavy atom. The first kappa shape index (κ1) is 10.4. The van der Waals surface area contributed by atoms with Gasteiger partial charge in [0.25, 0.3) is 0 Å². The molecule has 0 amide bonds. The molecular weight excluding hydrogens is 188 g/mol. The van der Waals surface area contributed by atoms with Crippen LogP contribution >= 0.6 is 11.6 Å². The number of aliphatic hydroxyl groups excluding tert-OH is 1. The molecule has 0 aliphatic rings. The van der Waals surface area contributed by atoms with Crippen LogP contribution in [-0.2, 0) is 0 Å². The molecule has 0 radical (unpaired) electrons. The minimum absolute atomic E-state index is 0.251. The van der Waals surface area contributed by atoms with Crippen molar-refractivity contribution in [2.75, 3.05) is 0 Å². The summed E-state index contributed by atoms with van der Waals surface area (Å²) in [6, 6.07) is 3.09. The zero-order valence-electron chi connectivity index (χ0n) is 7.44. The Labute approximate surface area is 82.5 Å². The summed E-state index contributed by atoms with van der Waals surface area (Å²) in [7, 11) is 0. The van der Waals surface area contributed by atoms with Gasteiger partial charge in [-0.1, -0.05) is 18.5 Å². The molecular formula is C9H13ClN2O. The molecule has 1 heterocycles. The van der Waals surface area contributed by atoms with Crippen LogP contribution in [0.2, 0.25) is 5.15 Å². The highest BCUT2D eigenvalue weighted by molar-refractivity contribution is 6.29. The van der Waals surface area contributed by atoms with Crippen LogP contribution in [0.25, 0.3) is 0 Å². The van der Waals surface area contributed by atoms with Crippen molar-refractivity contribution < 1.29 is 5.11 Å². The van der Waals surface area contributed by atoms with Crippen LogP contribution in [0.1, 0.15) is 25.0 Å². The smallest absolute Gasteiger partial charge is 0.129 e. The first-order valence-electron chi connectivity index (χ1n) is 4.20. The van der Waals surface area contributed by atoms with E-state index in [4.69, 9.17) is 17.3 Å². The highest BCUT2D eigenvalue weighted by Gasteiger charge is 2.14. The molecule has 0 spiro atoms. The lowest BCUT2D eigenvalue weighted by atomic mass is 10.0. The van der Waals surface area contributed by atoms with E-state index in [0.717, 1.165) is 6.42 Å². The summed E-state index contributed by atoms with van der Waals surface area (Å²) in [5.41, 5.74) is 6.40. The molecule has 72 valence electrons. The van der Waals surface area contributed by atoms with Crippen molar-refractivity contribution in [3.63, 3.8) is 0 Å². The van der Waals surface area contributed by atoms with Gasteiger partial charge in [-0.15, -0.1) is 0 Å². The first-order valence-corrected chi connectivity index (χ1v) is 4.58. The highest BCUT2D eigenvalue weighted by atomic mass is 35.5. The maximum Gasteiger partial charge on any atom is 0.129 e. The maximum absolute atomic E-state index is 9.70. The molecule has 3 nitrogen and oxygen atoms in total. The van der Waals surface area contributed by atoms with Crippen LogP contribution in [-0.4, -0.2) is 16.1 Å². The highest BCUT2D eigenvalue weighted by Crippen LogP contribution is 2.18. The average Bonchev–Trinajstić information content (AvgIpc) is 2.15. The lowest BCUT2D eigenvalue weighted by Gasteiger charge is -2.17. The van der Waals surface area contributed by atoms with Crippen LogP contribution < -0.4 is 5.73 Å². The van der Waals surface area contributed by atoms with Crippen molar-refractivity contribution in [2.45, 2.75) is 25.5 Å². The number of pyridine rings is 1. The molecule has 4 heteroatoms. The van der Waals surface area contributed by atoms with Gasteiger partial charge in [0.05, 0.1) is 6.10 Å². The van der Waals surface area contributed by atoms with Gasteiger partial charge in [-0.2, -0.15) is 0 Å². The molecule has 0 aliphatic carbocycles. The summed E-state index contributed by atoms with van der Waals surface area (Å²) in [5.74, 6) is 0. The Morgan fingerprint density at radius 1 is 1.69 bits per heavy atom. The zero-order valence-corrected chi connectivity index (χ0v) is 8.20. The van der Waals surface area contributed by atoms with Gasteiger partial charge >= 0.3 is 0 Å². The molecule has 1 aromatic heterocycles. The minimum Gasteiger partial charge on any atom is -0.387 e. The number of aromatic nitrogens is 1. The number of rotatable bonds is 3. The second-order valence-electron chi connectivity index (χ2n) is 2.93. The molecule has 2 unspecified atom stereocenters. The number of aliphatic hydroxyl groups is 1. The van der Waals surface area contributed by atoms with Crippen LogP contribution in [0, 0.1) is 0 Å². The van der Waals surface area contributed by atoms with Crippen molar-refractivity contribution in [3.05, 3.63) is 29.0 Å². The number of hydrogen-bond acceptors (Lipinski definition) is 3. The topological polar surface area (TPSA) is 59.1 Å². The number of hydrogen-bond donors (Lipinski definition) is 2. The van der Waals surface area contributed by atoms with Gasteiger partial charge in [-0.3, -0.25) is 0 Å². The van der Waals surface area contributed by atoms with Gasteiger partial charge in [0.15, 0.2) is 0 Å². The van der Waals surface area contributed by atoms with Crippen molar-refractivity contribution in [1.29, 1.82) is 0 Å². The quantitative estimate of drug-likeness (QED) is 0.728. The van der Waals surface area contributed by atoms with Crippen LogP contribution in [0.15, 0.2) is 18.3 Å². The third-order valence-electron chi connectivity index (χ3n) is 1.97. The molecule has 1 aromatic rings. The summed E-state index contributed by atoms with van der Waals surface area (Å²) in [6.45, 7) is 1.93.